The molecule has 0 aliphatic rings. The number of amides is 1. The van der Waals surface area contributed by atoms with Gasteiger partial charge >= 0.3 is 18.0 Å². The lowest BCUT2D eigenvalue weighted by molar-refractivity contribution is 0.0505. The standard InChI is InChI=1S/C16H22N2O6/c1-9(18-15(21)24-16(2,3)4)12-7-10(13(19)22-5)11(8-17-12)14(20)23-6/h7-9H,1-6H3,(H,18,21). The van der Waals surface area contributed by atoms with Crippen molar-refractivity contribution in [3.8, 4) is 0 Å². The predicted octanol–water partition coefficient (Wildman–Crippen LogP) is 2.24. The van der Waals surface area contributed by atoms with Crippen molar-refractivity contribution in [2.24, 2.45) is 0 Å². The zero-order valence-electron chi connectivity index (χ0n) is 14.6. The third kappa shape index (κ3) is 5.22. The van der Waals surface area contributed by atoms with Crippen LogP contribution in [0.15, 0.2) is 12.3 Å². The molecule has 0 saturated carbocycles. The van der Waals surface area contributed by atoms with Crippen molar-refractivity contribution in [3.63, 3.8) is 0 Å². The van der Waals surface area contributed by atoms with Gasteiger partial charge in [0.1, 0.15) is 5.60 Å². The first-order chi connectivity index (χ1) is 11.1. The van der Waals surface area contributed by atoms with Crippen LogP contribution in [0.5, 0.6) is 0 Å². The van der Waals surface area contributed by atoms with Crippen molar-refractivity contribution in [2.45, 2.75) is 39.3 Å². The number of pyridine rings is 1. The quantitative estimate of drug-likeness (QED) is 0.663. The lowest BCUT2D eigenvalue weighted by atomic mass is 10.1. The molecule has 1 aromatic rings. The average Bonchev–Trinajstić information content (AvgIpc) is 2.50. The molecule has 1 rings (SSSR count). The van der Waals surface area contributed by atoms with E-state index in [9.17, 15) is 14.4 Å². The minimum atomic E-state index is -0.706. The fourth-order valence-electron chi connectivity index (χ4n) is 1.82. The van der Waals surface area contributed by atoms with Gasteiger partial charge in [0, 0.05) is 6.20 Å². The lowest BCUT2D eigenvalue weighted by Crippen LogP contribution is -2.34. The highest BCUT2D eigenvalue weighted by molar-refractivity contribution is 6.02. The Bertz CT molecular complexity index is 636. The maximum Gasteiger partial charge on any atom is 0.408 e. The molecule has 0 bridgehead atoms. The van der Waals surface area contributed by atoms with E-state index in [1.54, 1.807) is 27.7 Å². The molecule has 0 aliphatic heterocycles. The molecule has 0 aliphatic carbocycles. The summed E-state index contributed by atoms with van der Waals surface area (Å²) in [6.45, 7) is 6.91. The van der Waals surface area contributed by atoms with Crippen LogP contribution in [-0.2, 0) is 14.2 Å². The Morgan fingerprint density at radius 3 is 2.12 bits per heavy atom. The van der Waals surface area contributed by atoms with Crippen molar-refractivity contribution < 1.29 is 28.6 Å². The van der Waals surface area contributed by atoms with Crippen molar-refractivity contribution in [2.75, 3.05) is 14.2 Å². The van der Waals surface area contributed by atoms with Crippen LogP contribution in [0.25, 0.3) is 0 Å². The third-order valence-electron chi connectivity index (χ3n) is 2.91. The molecule has 0 radical (unpaired) electrons. The summed E-state index contributed by atoms with van der Waals surface area (Å²) in [6.07, 6.45) is 0.592. The van der Waals surface area contributed by atoms with Crippen molar-refractivity contribution in [1.29, 1.82) is 0 Å². The van der Waals surface area contributed by atoms with Gasteiger partial charge in [-0.3, -0.25) is 4.98 Å². The van der Waals surface area contributed by atoms with Gasteiger partial charge in [-0.25, -0.2) is 14.4 Å². The minimum absolute atomic E-state index is 0.00666. The number of hydrogen-bond donors (Lipinski definition) is 1. The first-order valence-corrected chi connectivity index (χ1v) is 7.25. The number of carbonyl (C=O) groups excluding carboxylic acids is 3. The molecule has 0 aromatic carbocycles. The van der Waals surface area contributed by atoms with Crippen LogP contribution < -0.4 is 5.32 Å². The molecule has 0 spiro atoms. The van der Waals surface area contributed by atoms with Gasteiger partial charge in [0.15, 0.2) is 0 Å². The molecule has 24 heavy (non-hydrogen) atoms. The van der Waals surface area contributed by atoms with E-state index in [1.807, 2.05) is 0 Å². The second-order valence-corrected chi connectivity index (χ2v) is 6.01. The van der Waals surface area contributed by atoms with Gasteiger partial charge in [-0.2, -0.15) is 0 Å². The van der Waals surface area contributed by atoms with Gasteiger partial charge < -0.3 is 19.5 Å². The van der Waals surface area contributed by atoms with Crippen molar-refractivity contribution >= 4 is 18.0 Å². The monoisotopic (exact) mass is 338 g/mol. The average molecular weight is 338 g/mol. The van der Waals surface area contributed by atoms with Gasteiger partial charge in [-0.05, 0) is 33.8 Å². The molecule has 1 atom stereocenters. The number of nitrogens with zero attached hydrogens (tertiary/aromatic N) is 1. The Hall–Kier alpha value is -2.64. The van der Waals surface area contributed by atoms with E-state index >= 15 is 0 Å². The maximum absolute atomic E-state index is 11.9. The zero-order chi connectivity index (χ0) is 18.5. The molecular weight excluding hydrogens is 316 g/mol. The largest absolute Gasteiger partial charge is 0.465 e. The van der Waals surface area contributed by atoms with Gasteiger partial charge in [0.05, 0.1) is 37.1 Å². The molecule has 132 valence electrons. The van der Waals surface area contributed by atoms with E-state index in [4.69, 9.17) is 4.74 Å². The zero-order valence-corrected chi connectivity index (χ0v) is 14.6. The Balaban J connectivity index is 3.06. The maximum atomic E-state index is 11.9. The minimum Gasteiger partial charge on any atom is -0.465 e. The van der Waals surface area contributed by atoms with Crippen LogP contribution in [0.2, 0.25) is 0 Å². The molecule has 1 unspecified atom stereocenters. The first-order valence-electron chi connectivity index (χ1n) is 7.25. The summed E-state index contributed by atoms with van der Waals surface area (Å²) in [7, 11) is 2.40. The van der Waals surface area contributed by atoms with E-state index in [-0.39, 0.29) is 11.1 Å². The summed E-state index contributed by atoms with van der Waals surface area (Å²) in [5, 5.41) is 2.61. The second kappa shape index (κ2) is 7.76. The molecule has 1 heterocycles. The van der Waals surface area contributed by atoms with Gasteiger partial charge in [0.25, 0.3) is 0 Å². The molecule has 1 amide bonds. The Labute approximate surface area is 140 Å². The summed E-state index contributed by atoms with van der Waals surface area (Å²) in [5.41, 5.74) is -0.276. The van der Waals surface area contributed by atoms with Crippen LogP contribution in [0.4, 0.5) is 4.79 Å². The number of methoxy groups -OCH3 is 2. The molecular formula is C16H22N2O6. The van der Waals surface area contributed by atoms with E-state index < -0.39 is 29.7 Å². The van der Waals surface area contributed by atoms with Crippen LogP contribution in [-0.4, -0.2) is 42.8 Å². The number of carbonyl (C=O) groups is 3. The number of rotatable bonds is 4. The number of esters is 2. The topological polar surface area (TPSA) is 104 Å². The van der Waals surface area contributed by atoms with Crippen molar-refractivity contribution in [1.82, 2.24) is 10.3 Å². The van der Waals surface area contributed by atoms with Gasteiger partial charge in [-0.15, -0.1) is 0 Å². The van der Waals surface area contributed by atoms with Crippen LogP contribution in [0, 0.1) is 0 Å². The highest BCUT2D eigenvalue weighted by Crippen LogP contribution is 2.18. The van der Waals surface area contributed by atoms with Crippen LogP contribution in [0.3, 0.4) is 0 Å². The summed E-state index contributed by atoms with van der Waals surface area (Å²) < 4.78 is 14.4. The normalized spacial score (nSPS) is 12.1. The first kappa shape index (κ1) is 19.4. The van der Waals surface area contributed by atoms with E-state index in [0.29, 0.717) is 5.69 Å². The smallest absolute Gasteiger partial charge is 0.408 e. The van der Waals surface area contributed by atoms with E-state index in [2.05, 4.69) is 19.8 Å². The molecule has 8 nitrogen and oxygen atoms in total. The van der Waals surface area contributed by atoms with Gasteiger partial charge in [0.2, 0.25) is 0 Å². The fraction of sp³-hybridized carbons (Fsp3) is 0.500. The predicted molar refractivity (Wildman–Crippen MR) is 84.7 cm³/mol. The Morgan fingerprint density at radius 1 is 1.08 bits per heavy atom. The number of hydrogen-bond acceptors (Lipinski definition) is 7. The molecule has 0 saturated heterocycles. The Morgan fingerprint density at radius 2 is 1.62 bits per heavy atom. The molecule has 0 fully saturated rings. The Kier molecular flexibility index (Phi) is 6.27. The summed E-state index contributed by atoms with van der Waals surface area (Å²) in [4.78, 5) is 39.5. The summed E-state index contributed by atoms with van der Waals surface area (Å²) >= 11 is 0. The van der Waals surface area contributed by atoms with Crippen LogP contribution in [0.1, 0.15) is 60.1 Å². The van der Waals surface area contributed by atoms with Gasteiger partial charge in [-0.1, -0.05) is 0 Å². The third-order valence-corrected chi connectivity index (χ3v) is 2.91. The van der Waals surface area contributed by atoms with E-state index in [0.717, 1.165) is 0 Å². The number of ether oxygens (including phenoxy) is 3. The number of aromatic nitrogens is 1. The van der Waals surface area contributed by atoms with Crippen LogP contribution >= 0.6 is 0 Å². The van der Waals surface area contributed by atoms with Crippen molar-refractivity contribution in [3.05, 3.63) is 29.1 Å². The molecule has 1 N–H and O–H groups in total. The number of alkyl carbamates (subject to hydrolysis) is 1. The molecule has 8 heteroatoms. The highest BCUT2D eigenvalue weighted by Gasteiger charge is 2.23. The summed E-state index contributed by atoms with van der Waals surface area (Å²) in [5.74, 6) is -1.41. The highest BCUT2D eigenvalue weighted by atomic mass is 16.6. The lowest BCUT2D eigenvalue weighted by Gasteiger charge is -2.22. The molecule has 1 aromatic heterocycles. The fourth-order valence-corrected chi connectivity index (χ4v) is 1.82. The second-order valence-electron chi connectivity index (χ2n) is 6.01. The van der Waals surface area contributed by atoms with E-state index in [1.165, 1.54) is 26.5 Å². The number of nitrogens with one attached hydrogen (secondary N) is 1. The SMILES string of the molecule is COC(=O)c1cnc(C(C)NC(=O)OC(C)(C)C)cc1C(=O)OC. The summed E-state index contributed by atoms with van der Waals surface area (Å²) in [6, 6.07) is 0.829.